The number of Topliss-reactive ketones (excluding diaryl/α,β-unsaturated/α-hetero) is 1. The smallest absolute Gasteiger partial charge is 0.190 e. The molecule has 0 saturated heterocycles. The molecule has 0 radical (unpaired) electrons. The Hall–Kier alpha value is -1.09. The lowest BCUT2D eigenvalue weighted by Crippen LogP contribution is -2.13. The summed E-state index contributed by atoms with van der Waals surface area (Å²) in [4.78, 5) is 11.9. The van der Waals surface area contributed by atoms with Crippen molar-refractivity contribution in [3.63, 3.8) is 0 Å². The molecule has 1 heterocycles. The summed E-state index contributed by atoms with van der Waals surface area (Å²) in [7, 11) is 1.97. The van der Waals surface area contributed by atoms with E-state index in [4.69, 9.17) is 4.74 Å². The average Bonchev–Trinajstić information content (AvgIpc) is 2.45. The molecule has 0 bridgehead atoms. The van der Waals surface area contributed by atoms with Gasteiger partial charge >= 0.3 is 0 Å². The van der Waals surface area contributed by atoms with Gasteiger partial charge in [0.05, 0.1) is 0 Å². The van der Waals surface area contributed by atoms with Crippen molar-refractivity contribution in [2.75, 3.05) is 13.2 Å². The highest BCUT2D eigenvalue weighted by Crippen LogP contribution is 2.14. The highest BCUT2D eigenvalue weighted by atomic mass is 16.5. The van der Waals surface area contributed by atoms with Gasteiger partial charge < -0.3 is 9.30 Å². The van der Waals surface area contributed by atoms with Crippen LogP contribution in [0.2, 0.25) is 0 Å². The maximum atomic E-state index is 11.9. The van der Waals surface area contributed by atoms with Crippen LogP contribution in [0.3, 0.4) is 0 Å². The van der Waals surface area contributed by atoms with Gasteiger partial charge in [0, 0.05) is 30.6 Å². The number of hydrogen-bond donors (Lipinski definition) is 0. The number of rotatable bonds is 5. The summed E-state index contributed by atoms with van der Waals surface area (Å²) in [6, 6.07) is 1.93. The Morgan fingerprint density at radius 1 is 1.44 bits per heavy atom. The molecule has 0 aliphatic heterocycles. The molecule has 90 valence electrons. The molecule has 3 heteroatoms. The summed E-state index contributed by atoms with van der Waals surface area (Å²) in [5, 5.41) is 0. The molecule has 0 spiro atoms. The van der Waals surface area contributed by atoms with Crippen molar-refractivity contribution in [3.8, 4) is 0 Å². The molecule has 1 aromatic rings. The van der Waals surface area contributed by atoms with E-state index < -0.39 is 0 Å². The summed E-state index contributed by atoms with van der Waals surface area (Å²) in [6.07, 6.45) is 0. The lowest BCUT2D eigenvalue weighted by molar-refractivity contribution is 0.0705. The molecule has 0 amide bonds. The number of aromatic nitrogens is 1. The molecule has 0 saturated carbocycles. The zero-order valence-electron chi connectivity index (χ0n) is 10.8. The average molecular weight is 223 g/mol. The number of nitrogens with zero attached hydrogens (tertiary/aromatic N) is 1. The van der Waals surface area contributed by atoms with E-state index in [2.05, 4.69) is 13.8 Å². The Kier molecular flexibility index (Phi) is 4.30. The maximum Gasteiger partial charge on any atom is 0.190 e. The third-order valence-corrected chi connectivity index (χ3v) is 2.76. The standard InChI is InChI=1S/C13H21NO2/c1-9(2)7-16-8-13(15)12-6-10(3)14(5)11(12)4/h6,9H,7-8H2,1-5H3. The van der Waals surface area contributed by atoms with Crippen molar-refractivity contribution in [3.05, 3.63) is 23.0 Å². The van der Waals surface area contributed by atoms with Crippen LogP contribution in [0.5, 0.6) is 0 Å². The fourth-order valence-corrected chi connectivity index (χ4v) is 1.60. The van der Waals surface area contributed by atoms with Gasteiger partial charge in [-0.2, -0.15) is 0 Å². The van der Waals surface area contributed by atoms with E-state index in [1.165, 1.54) is 0 Å². The van der Waals surface area contributed by atoms with Crippen LogP contribution in [-0.2, 0) is 11.8 Å². The van der Waals surface area contributed by atoms with Crippen molar-refractivity contribution in [1.29, 1.82) is 0 Å². The van der Waals surface area contributed by atoms with Gasteiger partial charge in [-0.05, 0) is 25.8 Å². The normalized spacial score (nSPS) is 11.1. The largest absolute Gasteiger partial charge is 0.373 e. The minimum absolute atomic E-state index is 0.0712. The second kappa shape index (κ2) is 5.30. The fourth-order valence-electron chi connectivity index (χ4n) is 1.60. The first-order chi connectivity index (χ1) is 7.43. The molecular weight excluding hydrogens is 202 g/mol. The van der Waals surface area contributed by atoms with E-state index in [9.17, 15) is 4.79 Å². The summed E-state index contributed by atoms with van der Waals surface area (Å²) in [5.41, 5.74) is 2.89. The second-order valence-corrected chi connectivity index (χ2v) is 4.68. The topological polar surface area (TPSA) is 31.2 Å². The monoisotopic (exact) mass is 223 g/mol. The molecule has 0 N–H and O–H groups in total. The van der Waals surface area contributed by atoms with Gasteiger partial charge in [-0.25, -0.2) is 0 Å². The molecule has 1 rings (SSSR count). The lowest BCUT2D eigenvalue weighted by Gasteiger charge is -2.06. The van der Waals surface area contributed by atoms with Crippen molar-refractivity contribution in [1.82, 2.24) is 4.57 Å². The van der Waals surface area contributed by atoms with Crippen LogP contribution in [0.15, 0.2) is 6.07 Å². The first kappa shape index (κ1) is 13.0. The number of carbonyl (C=O) groups excluding carboxylic acids is 1. The van der Waals surface area contributed by atoms with Gasteiger partial charge in [-0.3, -0.25) is 4.79 Å². The van der Waals surface area contributed by atoms with Crippen LogP contribution >= 0.6 is 0 Å². The van der Waals surface area contributed by atoms with Crippen LogP contribution < -0.4 is 0 Å². The molecule has 3 nitrogen and oxygen atoms in total. The van der Waals surface area contributed by atoms with Crippen molar-refractivity contribution < 1.29 is 9.53 Å². The minimum atomic E-state index is 0.0712. The SMILES string of the molecule is Cc1cc(C(=O)COCC(C)C)c(C)n1C. The third kappa shape index (κ3) is 2.95. The fraction of sp³-hybridized carbons (Fsp3) is 0.615. The molecule has 0 aliphatic rings. The van der Waals surface area contributed by atoms with Crippen molar-refractivity contribution in [2.24, 2.45) is 13.0 Å². The minimum Gasteiger partial charge on any atom is -0.373 e. The highest BCUT2D eigenvalue weighted by molar-refractivity contribution is 5.98. The van der Waals surface area contributed by atoms with E-state index >= 15 is 0 Å². The van der Waals surface area contributed by atoms with E-state index in [1.807, 2.05) is 31.5 Å². The third-order valence-electron chi connectivity index (χ3n) is 2.76. The summed E-state index contributed by atoms with van der Waals surface area (Å²) in [5.74, 6) is 0.535. The Morgan fingerprint density at radius 2 is 2.06 bits per heavy atom. The molecule has 0 fully saturated rings. The molecule has 0 atom stereocenters. The Balaban J connectivity index is 2.63. The van der Waals surface area contributed by atoms with Gasteiger partial charge in [-0.15, -0.1) is 0 Å². The quantitative estimate of drug-likeness (QED) is 0.718. The van der Waals surface area contributed by atoms with Crippen LogP contribution in [0.1, 0.15) is 35.6 Å². The molecule has 0 aromatic carbocycles. The molecule has 0 unspecified atom stereocenters. The van der Waals surface area contributed by atoms with E-state index in [0.29, 0.717) is 12.5 Å². The van der Waals surface area contributed by atoms with E-state index in [1.54, 1.807) is 0 Å². The number of ketones is 1. The number of ether oxygens (including phenoxy) is 1. The van der Waals surface area contributed by atoms with Crippen molar-refractivity contribution in [2.45, 2.75) is 27.7 Å². The lowest BCUT2D eigenvalue weighted by atomic mass is 10.1. The summed E-state index contributed by atoms with van der Waals surface area (Å²) in [6.45, 7) is 8.92. The van der Waals surface area contributed by atoms with Gasteiger partial charge in [-0.1, -0.05) is 13.8 Å². The Bertz CT molecular complexity index is 378. The van der Waals surface area contributed by atoms with E-state index in [-0.39, 0.29) is 12.4 Å². The number of hydrogen-bond acceptors (Lipinski definition) is 2. The van der Waals surface area contributed by atoms with Crippen LogP contribution in [-0.4, -0.2) is 23.6 Å². The van der Waals surface area contributed by atoms with Gasteiger partial charge in [0.1, 0.15) is 6.61 Å². The first-order valence-electron chi connectivity index (χ1n) is 5.67. The summed E-state index contributed by atoms with van der Waals surface area (Å²) < 4.78 is 7.38. The Labute approximate surface area is 97.4 Å². The van der Waals surface area contributed by atoms with Crippen LogP contribution in [0.25, 0.3) is 0 Å². The zero-order valence-corrected chi connectivity index (χ0v) is 10.8. The first-order valence-corrected chi connectivity index (χ1v) is 5.67. The van der Waals surface area contributed by atoms with Crippen LogP contribution in [0.4, 0.5) is 0 Å². The van der Waals surface area contributed by atoms with Gasteiger partial charge in [0.25, 0.3) is 0 Å². The predicted octanol–water partition coefficient (Wildman–Crippen LogP) is 2.50. The molecule has 16 heavy (non-hydrogen) atoms. The highest BCUT2D eigenvalue weighted by Gasteiger charge is 2.13. The van der Waals surface area contributed by atoms with Gasteiger partial charge in [0.2, 0.25) is 0 Å². The Morgan fingerprint density at radius 3 is 2.50 bits per heavy atom. The van der Waals surface area contributed by atoms with Crippen molar-refractivity contribution >= 4 is 5.78 Å². The second-order valence-electron chi connectivity index (χ2n) is 4.68. The van der Waals surface area contributed by atoms with E-state index in [0.717, 1.165) is 17.0 Å². The number of aryl methyl sites for hydroxylation is 1. The predicted molar refractivity (Wildman–Crippen MR) is 64.9 cm³/mol. The molecule has 1 aromatic heterocycles. The zero-order chi connectivity index (χ0) is 12.3. The number of carbonyl (C=O) groups is 1. The molecular formula is C13H21NO2. The molecule has 0 aliphatic carbocycles. The van der Waals surface area contributed by atoms with Gasteiger partial charge in [0.15, 0.2) is 5.78 Å². The van der Waals surface area contributed by atoms with Crippen LogP contribution in [0, 0.1) is 19.8 Å². The maximum absolute atomic E-state index is 11.9. The summed E-state index contributed by atoms with van der Waals surface area (Å²) >= 11 is 0.